The average Bonchev–Trinajstić information content (AvgIpc) is 3.17. The predicted molar refractivity (Wildman–Crippen MR) is 140 cm³/mol. The van der Waals surface area contributed by atoms with Gasteiger partial charge >= 0.3 is 6.03 Å². The summed E-state index contributed by atoms with van der Waals surface area (Å²) in [4.78, 5) is 40.3. The van der Waals surface area contributed by atoms with E-state index in [2.05, 4.69) is 16.0 Å². The number of nitrogens with zero attached hydrogens (tertiary/aromatic N) is 1. The van der Waals surface area contributed by atoms with E-state index in [4.69, 9.17) is 9.47 Å². The molecule has 1 fully saturated rings. The number of benzene rings is 2. The lowest BCUT2D eigenvalue weighted by atomic mass is 10.0. The van der Waals surface area contributed by atoms with Gasteiger partial charge in [-0.1, -0.05) is 26.7 Å². The molecule has 0 bridgehead atoms. The molecule has 2 aromatic carbocycles. The number of carbonyl (C=O) groups is 3. The lowest BCUT2D eigenvalue weighted by Crippen LogP contribution is -2.47. The van der Waals surface area contributed by atoms with Crippen LogP contribution in [0.25, 0.3) is 0 Å². The van der Waals surface area contributed by atoms with E-state index in [0.29, 0.717) is 28.4 Å². The van der Waals surface area contributed by atoms with Crippen LogP contribution in [0.1, 0.15) is 49.9 Å². The van der Waals surface area contributed by atoms with E-state index in [-0.39, 0.29) is 17.9 Å². The van der Waals surface area contributed by atoms with Crippen LogP contribution in [0, 0.1) is 5.92 Å². The van der Waals surface area contributed by atoms with Gasteiger partial charge in [0.25, 0.3) is 5.91 Å². The summed E-state index contributed by atoms with van der Waals surface area (Å²) < 4.78 is 10.5. The van der Waals surface area contributed by atoms with Gasteiger partial charge in [-0.05, 0) is 55.2 Å². The number of carbonyl (C=O) groups excluding carboxylic acids is 3. The van der Waals surface area contributed by atoms with Crippen molar-refractivity contribution in [3.05, 3.63) is 48.0 Å². The molecule has 3 N–H and O–H groups in total. The van der Waals surface area contributed by atoms with Crippen molar-refractivity contribution in [3.63, 3.8) is 0 Å². The first-order valence-electron chi connectivity index (χ1n) is 12.3. The van der Waals surface area contributed by atoms with E-state index in [1.54, 1.807) is 42.5 Å². The molecule has 1 aliphatic rings. The highest BCUT2D eigenvalue weighted by Crippen LogP contribution is 2.23. The van der Waals surface area contributed by atoms with Crippen molar-refractivity contribution in [2.24, 2.45) is 5.92 Å². The molecular weight excluding hydrogens is 460 g/mol. The SMILES string of the molecule is COc1cc(OC)cc(C(=O)NC(C(=O)Nc2ccc(NC(=O)N3CCCCCC3)cc2)C(C)C)c1. The van der Waals surface area contributed by atoms with Crippen molar-refractivity contribution in [3.8, 4) is 11.5 Å². The van der Waals surface area contributed by atoms with Crippen LogP contribution in [0.5, 0.6) is 11.5 Å². The topological polar surface area (TPSA) is 109 Å². The zero-order chi connectivity index (χ0) is 26.1. The van der Waals surface area contributed by atoms with Gasteiger partial charge in [-0.25, -0.2) is 4.79 Å². The highest BCUT2D eigenvalue weighted by Gasteiger charge is 2.25. The molecule has 0 aromatic heterocycles. The first-order valence-corrected chi connectivity index (χ1v) is 12.3. The first kappa shape index (κ1) is 26.8. The van der Waals surface area contributed by atoms with Crippen LogP contribution >= 0.6 is 0 Å². The highest BCUT2D eigenvalue weighted by molar-refractivity contribution is 6.01. The second kappa shape index (κ2) is 12.8. The average molecular weight is 497 g/mol. The minimum Gasteiger partial charge on any atom is -0.497 e. The van der Waals surface area contributed by atoms with E-state index in [9.17, 15) is 14.4 Å². The Morgan fingerprint density at radius 2 is 1.33 bits per heavy atom. The Labute approximate surface area is 212 Å². The molecule has 9 nitrogen and oxygen atoms in total. The van der Waals surface area contributed by atoms with Crippen molar-refractivity contribution in [2.45, 2.75) is 45.6 Å². The summed E-state index contributed by atoms with van der Waals surface area (Å²) in [6.07, 6.45) is 4.36. The fourth-order valence-corrected chi connectivity index (χ4v) is 4.03. The quantitative estimate of drug-likeness (QED) is 0.498. The second-order valence-electron chi connectivity index (χ2n) is 9.19. The van der Waals surface area contributed by atoms with Gasteiger partial charge in [0.05, 0.1) is 14.2 Å². The van der Waals surface area contributed by atoms with Gasteiger partial charge in [0.2, 0.25) is 5.91 Å². The number of likely N-dealkylation sites (tertiary alicyclic amines) is 1. The van der Waals surface area contributed by atoms with Crippen LogP contribution in [0.3, 0.4) is 0 Å². The zero-order valence-corrected chi connectivity index (χ0v) is 21.4. The molecule has 1 saturated heterocycles. The van der Waals surface area contributed by atoms with Gasteiger partial charge in [0.1, 0.15) is 17.5 Å². The molecule has 4 amide bonds. The third kappa shape index (κ3) is 7.37. The molecule has 0 spiro atoms. The van der Waals surface area contributed by atoms with E-state index in [0.717, 1.165) is 38.8 Å². The monoisotopic (exact) mass is 496 g/mol. The summed E-state index contributed by atoms with van der Waals surface area (Å²) in [5.41, 5.74) is 1.55. The lowest BCUT2D eigenvalue weighted by molar-refractivity contribution is -0.118. The van der Waals surface area contributed by atoms with Crippen LogP contribution in [0.2, 0.25) is 0 Å². The molecule has 1 atom stereocenters. The molecule has 1 aliphatic heterocycles. The van der Waals surface area contributed by atoms with E-state index in [1.807, 2.05) is 18.7 Å². The van der Waals surface area contributed by atoms with Crippen molar-refractivity contribution < 1.29 is 23.9 Å². The summed E-state index contributed by atoms with van der Waals surface area (Å²) in [5, 5.41) is 8.58. The van der Waals surface area contributed by atoms with Crippen molar-refractivity contribution in [2.75, 3.05) is 37.9 Å². The van der Waals surface area contributed by atoms with Crippen molar-refractivity contribution in [1.29, 1.82) is 0 Å². The summed E-state index contributed by atoms with van der Waals surface area (Å²) in [7, 11) is 3.01. The predicted octanol–water partition coefficient (Wildman–Crippen LogP) is 4.50. The number of methoxy groups -OCH3 is 2. The van der Waals surface area contributed by atoms with Crippen molar-refractivity contribution in [1.82, 2.24) is 10.2 Å². The molecule has 1 heterocycles. The smallest absolute Gasteiger partial charge is 0.321 e. The van der Waals surface area contributed by atoms with Crippen LogP contribution in [0.4, 0.5) is 16.2 Å². The number of ether oxygens (including phenoxy) is 2. The summed E-state index contributed by atoms with van der Waals surface area (Å²) in [6.45, 7) is 5.26. The Kier molecular flexibility index (Phi) is 9.55. The van der Waals surface area contributed by atoms with Crippen LogP contribution in [0.15, 0.2) is 42.5 Å². The first-order chi connectivity index (χ1) is 17.3. The van der Waals surface area contributed by atoms with Crippen LogP contribution < -0.4 is 25.4 Å². The van der Waals surface area contributed by atoms with Gasteiger partial charge in [0, 0.05) is 36.1 Å². The van der Waals surface area contributed by atoms with Crippen molar-refractivity contribution >= 4 is 29.2 Å². The van der Waals surface area contributed by atoms with Crippen LogP contribution in [-0.4, -0.2) is 56.1 Å². The standard InChI is InChI=1S/C27H36N4O5/c1-18(2)24(30-25(32)19-15-22(35-3)17-23(16-19)36-4)26(33)28-20-9-11-21(12-10-20)29-27(34)31-13-7-5-6-8-14-31/h9-12,15-18,24H,5-8,13-14H2,1-4H3,(H,28,33)(H,29,34)(H,30,32). The molecule has 36 heavy (non-hydrogen) atoms. The Balaban J connectivity index is 1.61. The third-order valence-electron chi connectivity index (χ3n) is 6.15. The second-order valence-corrected chi connectivity index (χ2v) is 9.19. The maximum absolute atomic E-state index is 13.0. The molecule has 2 aromatic rings. The zero-order valence-electron chi connectivity index (χ0n) is 21.4. The number of hydrogen-bond acceptors (Lipinski definition) is 5. The number of anilines is 2. The van der Waals surface area contributed by atoms with Gasteiger partial charge < -0.3 is 30.3 Å². The minimum atomic E-state index is -0.767. The fourth-order valence-electron chi connectivity index (χ4n) is 4.03. The molecule has 194 valence electrons. The number of urea groups is 1. The third-order valence-corrected chi connectivity index (χ3v) is 6.15. The Morgan fingerprint density at radius 1 is 0.806 bits per heavy atom. The number of nitrogens with one attached hydrogen (secondary N) is 3. The normalized spacial score (nSPS) is 14.4. The van der Waals surface area contributed by atoms with E-state index < -0.39 is 11.9 Å². The fraction of sp³-hybridized carbons (Fsp3) is 0.444. The van der Waals surface area contributed by atoms with Gasteiger partial charge in [-0.3, -0.25) is 9.59 Å². The summed E-state index contributed by atoms with van der Waals surface area (Å²) in [5.74, 6) is 0.0527. The lowest BCUT2D eigenvalue weighted by Gasteiger charge is -2.22. The Bertz CT molecular complexity index is 1020. The Hall–Kier alpha value is -3.75. The number of hydrogen-bond donors (Lipinski definition) is 3. The Morgan fingerprint density at radius 3 is 1.83 bits per heavy atom. The summed E-state index contributed by atoms with van der Waals surface area (Å²) in [6, 6.07) is 10.9. The molecule has 0 aliphatic carbocycles. The number of rotatable bonds is 8. The molecule has 0 saturated carbocycles. The molecular formula is C27H36N4O5. The minimum absolute atomic E-state index is 0.106. The number of amides is 4. The van der Waals surface area contributed by atoms with E-state index in [1.165, 1.54) is 14.2 Å². The van der Waals surface area contributed by atoms with Gasteiger partial charge in [-0.2, -0.15) is 0 Å². The largest absolute Gasteiger partial charge is 0.497 e. The van der Waals surface area contributed by atoms with Gasteiger partial charge in [0.15, 0.2) is 0 Å². The highest BCUT2D eigenvalue weighted by atomic mass is 16.5. The molecule has 0 radical (unpaired) electrons. The molecule has 9 heteroatoms. The van der Waals surface area contributed by atoms with Crippen LogP contribution in [-0.2, 0) is 4.79 Å². The summed E-state index contributed by atoms with van der Waals surface area (Å²) >= 11 is 0. The molecule has 1 unspecified atom stereocenters. The maximum Gasteiger partial charge on any atom is 0.321 e. The van der Waals surface area contributed by atoms with Gasteiger partial charge in [-0.15, -0.1) is 0 Å². The maximum atomic E-state index is 13.0. The van der Waals surface area contributed by atoms with E-state index >= 15 is 0 Å². The molecule has 3 rings (SSSR count).